The topological polar surface area (TPSA) is 36.7 Å². The summed E-state index contributed by atoms with van der Waals surface area (Å²) < 4.78 is 0. The highest BCUT2D eigenvalue weighted by molar-refractivity contribution is 5.45. The molecule has 1 aliphatic rings. The first kappa shape index (κ1) is 20.6. The summed E-state index contributed by atoms with van der Waals surface area (Å²) in [5.74, 6) is 0. The number of hydrogen-bond donors (Lipinski definition) is 0. The zero-order valence-electron chi connectivity index (χ0n) is 17.6. The number of rotatable bonds is 10. The molecule has 1 atom stereocenters. The van der Waals surface area contributed by atoms with Crippen molar-refractivity contribution in [2.75, 3.05) is 0 Å². The fourth-order valence-electron chi connectivity index (χ4n) is 4.52. The number of nitriles is 1. The summed E-state index contributed by atoms with van der Waals surface area (Å²) in [6, 6.07) is 15.5. The van der Waals surface area contributed by atoms with E-state index in [1.165, 1.54) is 60.9 Å². The van der Waals surface area contributed by atoms with Gasteiger partial charge in [-0.2, -0.15) is 5.26 Å². The van der Waals surface area contributed by atoms with Gasteiger partial charge >= 0.3 is 0 Å². The number of unbranched alkanes of at least 4 members (excludes halogenated alkanes) is 4. The molecular weight excluding hydrogens is 340 g/mol. The van der Waals surface area contributed by atoms with Crippen LogP contribution in [0.15, 0.2) is 36.4 Å². The van der Waals surface area contributed by atoms with E-state index in [9.17, 15) is 5.26 Å². The fraction of sp³-hybridized carbons (Fsp3) is 0.538. The summed E-state index contributed by atoms with van der Waals surface area (Å²) >= 11 is 0. The predicted molar refractivity (Wildman–Crippen MR) is 116 cm³/mol. The van der Waals surface area contributed by atoms with E-state index >= 15 is 0 Å². The van der Waals surface area contributed by atoms with Crippen molar-refractivity contribution < 1.29 is 0 Å². The van der Waals surface area contributed by atoms with Crippen LogP contribution in [0.2, 0.25) is 0 Å². The van der Waals surface area contributed by atoms with Gasteiger partial charge in [0.15, 0.2) is 0 Å². The second-order valence-electron chi connectivity index (χ2n) is 8.37. The van der Waals surface area contributed by atoms with Crippen LogP contribution in [-0.2, 0) is 31.1 Å². The molecule has 1 heterocycles. The molecule has 148 valence electrons. The summed E-state index contributed by atoms with van der Waals surface area (Å²) in [5.41, 5.74) is 5.87. The minimum Gasteiger partial charge on any atom is -0.256 e. The van der Waals surface area contributed by atoms with E-state index < -0.39 is 5.41 Å². The molecule has 0 N–H and O–H groups in total. The Morgan fingerprint density at radius 1 is 1.00 bits per heavy atom. The van der Waals surface area contributed by atoms with E-state index in [0.29, 0.717) is 0 Å². The van der Waals surface area contributed by atoms with Crippen molar-refractivity contribution in [3.63, 3.8) is 0 Å². The molecule has 0 aliphatic heterocycles. The molecule has 0 spiro atoms. The minimum absolute atomic E-state index is 0.460. The summed E-state index contributed by atoms with van der Waals surface area (Å²) in [6.45, 7) is 4.51. The van der Waals surface area contributed by atoms with Crippen molar-refractivity contribution in [1.82, 2.24) is 4.98 Å². The first-order valence-electron chi connectivity index (χ1n) is 11.2. The first-order valence-corrected chi connectivity index (χ1v) is 11.2. The lowest BCUT2D eigenvalue weighted by atomic mass is 9.80. The third-order valence-electron chi connectivity index (χ3n) is 6.17. The molecule has 2 nitrogen and oxygen atoms in total. The van der Waals surface area contributed by atoms with Crippen molar-refractivity contribution in [2.45, 2.75) is 89.9 Å². The van der Waals surface area contributed by atoms with Crippen LogP contribution in [0.25, 0.3) is 0 Å². The zero-order valence-corrected chi connectivity index (χ0v) is 17.6. The average molecular weight is 375 g/mol. The lowest BCUT2D eigenvalue weighted by Gasteiger charge is -2.23. The maximum absolute atomic E-state index is 10.2. The van der Waals surface area contributed by atoms with Gasteiger partial charge in [-0.25, -0.2) is 0 Å². The SMILES string of the molecule is CCCCCc1cc2c(nc1CCCCC)[C@](C#N)(Cc1ccccc1)CC2. The number of nitrogens with zero attached hydrogens (tertiary/aromatic N) is 2. The third kappa shape index (κ3) is 4.64. The highest BCUT2D eigenvalue weighted by Crippen LogP contribution is 2.41. The van der Waals surface area contributed by atoms with Crippen LogP contribution in [0.1, 0.15) is 86.9 Å². The molecular formula is C26H34N2. The van der Waals surface area contributed by atoms with Gasteiger partial charge in [0, 0.05) is 5.69 Å². The van der Waals surface area contributed by atoms with Gasteiger partial charge in [-0.3, -0.25) is 4.98 Å². The Morgan fingerprint density at radius 3 is 2.39 bits per heavy atom. The molecule has 0 saturated heterocycles. The van der Waals surface area contributed by atoms with Crippen molar-refractivity contribution in [2.24, 2.45) is 0 Å². The van der Waals surface area contributed by atoms with Crippen molar-refractivity contribution in [1.29, 1.82) is 5.26 Å². The van der Waals surface area contributed by atoms with Crippen LogP contribution in [0.3, 0.4) is 0 Å². The highest BCUT2D eigenvalue weighted by Gasteiger charge is 2.41. The zero-order chi connectivity index (χ0) is 19.8. The van der Waals surface area contributed by atoms with Crippen LogP contribution in [-0.4, -0.2) is 4.98 Å². The molecule has 1 aromatic carbocycles. The quantitative estimate of drug-likeness (QED) is 0.445. The van der Waals surface area contributed by atoms with Gasteiger partial charge < -0.3 is 0 Å². The minimum atomic E-state index is -0.460. The number of aryl methyl sites for hydroxylation is 3. The van der Waals surface area contributed by atoms with E-state index in [-0.39, 0.29) is 0 Å². The van der Waals surface area contributed by atoms with Crippen molar-refractivity contribution >= 4 is 0 Å². The number of fused-ring (bicyclic) bond motifs is 1. The Balaban J connectivity index is 1.92. The molecule has 3 rings (SSSR count). The first-order chi connectivity index (χ1) is 13.7. The Hall–Kier alpha value is -2.14. The Kier molecular flexibility index (Phi) is 7.26. The smallest absolute Gasteiger partial charge is 0.104 e. The molecule has 0 fully saturated rings. The van der Waals surface area contributed by atoms with Gasteiger partial charge in [0.05, 0.1) is 11.8 Å². The molecule has 0 saturated carbocycles. The molecule has 28 heavy (non-hydrogen) atoms. The van der Waals surface area contributed by atoms with E-state index in [1.807, 2.05) is 6.07 Å². The Morgan fingerprint density at radius 2 is 1.71 bits per heavy atom. The Bertz CT molecular complexity index is 803. The van der Waals surface area contributed by atoms with E-state index in [1.54, 1.807) is 0 Å². The molecule has 2 heteroatoms. The predicted octanol–water partition coefficient (Wildman–Crippen LogP) is 6.50. The molecule has 0 unspecified atom stereocenters. The van der Waals surface area contributed by atoms with Crippen LogP contribution in [0, 0.1) is 11.3 Å². The monoisotopic (exact) mass is 374 g/mol. The van der Waals surface area contributed by atoms with Gasteiger partial charge in [0.2, 0.25) is 0 Å². The molecule has 0 radical (unpaired) electrons. The highest BCUT2D eigenvalue weighted by atomic mass is 14.8. The van der Waals surface area contributed by atoms with Gasteiger partial charge in [0.1, 0.15) is 5.41 Å². The molecule has 2 aromatic rings. The van der Waals surface area contributed by atoms with Gasteiger partial charge in [-0.05, 0) is 61.6 Å². The third-order valence-corrected chi connectivity index (χ3v) is 6.17. The lowest BCUT2D eigenvalue weighted by Crippen LogP contribution is -2.26. The van der Waals surface area contributed by atoms with Gasteiger partial charge in [0.25, 0.3) is 0 Å². The second-order valence-corrected chi connectivity index (χ2v) is 8.37. The van der Waals surface area contributed by atoms with Crippen LogP contribution in [0.4, 0.5) is 0 Å². The second kappa shape index (κ2) is 9.87. The molecule has 0 bridgehead atoms. The van der Waals surface area contributed by atoms with E-state index in [2.05, 4.69) is 50.2 Å². The van der Waals surface area contributed by atoms with E-state index in [4.69, 9.17) is 4.98 Å². The van der Waals surface area contributed by atoms with Crippen molar-refractivity contribution in [3.05, 3.63) is 64.5 Å². The van der Waals surface area contributed by atoms with Crippen LogP contribution >= 0.6 is 0 Å². The molecule has 1 aliphatic carbocycles. The normalized spacial score (nSPS) is 18.0. The number of benzene rings is 1. The Labute approximate surface area is 171 Å². The van der Waals surface area contributed by atoms with E-state index in [0.717, 1.165) is 37.8 Å². The number of hydrogen-bond acceptors (Lipinski definition) is 2. The summed E-state index contributed by atoms with van der Waals surface area (Å²) in [7, 11) is 0. The average Bonchev–Trinajstić information content (AvgIpc) is 3.07. The summed E-state index contributed by atoms with van der Waals surface area (Å²) in [5, 5.41) is 10.2. The van der Waals surface area contributed by atoms with Crippen molar-refractivity contribution in [3.8, 4) is 6.07 Å². The largest absolute Gasteiger partial charge is 0.256 e. The van der Waals surface area contributed by atoms with Gasteiger partial charge in [-0.1, -0.05) is 75.9 Å². The lowest BCUT2D eigenvalue weighted by molar-refractivity contribution is 0.526. The van der Waals surface area contributed by atoms with Crippen LogP contribution < -0.4 is 0 Å². The standard InChI is InChI=1S/C26H34N2/c1-3-5-8-14-22-18-23-16-17-26(20-27,19-21-12-10-7-11-13-21)25(23)28-24(22)15-9-6-4-2/h7,10-13,18H,3-6,8-9,14-17,19H2,1-2H3/t26-/m0/s1. The summed E-state index contributed by atoms with van der Waals surface area (Å²) in [6.07, 6.45) is 12.3. The maximum Gasteiger partial charge on any atom is 0.104 e. The van der Waals surface area contributed by atoms with Gasteiger partial charge in [-0.15, -0.1) is 0 Å². The number of aromatic nitrogens is 1. The summed E-state index contributed by atoms with van der Waals surface area (Å²) in [4.78, 5) is 5.20. The van der Waals surface area contributed by atoms with Crippen LogP contribution in [0.5, 0.6) is 0 Å². The molecule has 1 aromatic heterocycles. The fourth-order valence-corrected chi connectivity index (χ4v) is 4.52. The molecule has 0 amide bonds. The maximum atomic E-state index is 10.2. The number of pyridine rings is 1.